The molecule has 0 amide bonds. The maximum atomic E-state index is 7.39. The van der Waals surface area contributed by atoms with E-state index in [0.29, 0.717) is 24.4 Å². The third-order valence-electron chi connectivity index (χ3n) is 21.4. The Labute approximate surface area is 347 Å². The van der Waals surface area contributed by atoms with Crippen LogP contribution in [0.1, 0.15) is 199 Å². The first kappa shape index (κ1) is 37.9. The number of rotatable bonds is 5. The lowest BCUT2D eigenvalue weighted by atomic mass is 9.61. The molecule has 0 radical (unpaired) electrons. The molecule has 0 spiro atoms. The highest BCUT2D eigenvalue weighted by atomic mass is 32.2. The maximum absolute atomic E-state index is 7.39. The van der Waals surface area contributed by atoms with Crippen LogP contribution in [0.4, 0.5) is 0 Å². The van der Waals surface area contributed by atoms with Crippen molar-refractivity contribution < 1.29 is 9.47 Å². The van der Waals surface area contributed by atoms with Crippen LogP contribution in [0.15, 0.2) is 0 Å². The van der Waals surface area contributed by atoms with E-state index in [1.165, 1.54) is 148 Å². The Bertz CT molecular complexity index is 1330. The second-order valence-corrected chi connectivity index (χ2v) is 24.8. The van der Waals surface area contributed by atoms with Crippen LogP contribution in [-0.4, -0.2) is 57.9 Å². The highest BCUT2D eigenvalue weighted by Gasteiger charge is 2.61. The van der Waals surface area contributed by atoms with Gasteiger partial charge < -0.3 is 9.47 Å². The molecule has 0 bridgehead atoms. The normalized spacial score (nSPS) is 54.6. The molecular weight excluding hydrogens is 703 g/mol. The first-order valence-corrected chi connectivity index (χ1v) is 27.4. The number of ether oxygens (including phenoxy) is 2. The average Bonchev–Trinajstić information content (AvgIpc) is 3.96. The van der Waals surface area contributed by atoms with Crippen LogP contribution >= 0.6 is 11.8 Å². The predicted octanol–water partition coefficient (Wildman–Crippen LogP) is 13.0. The molecule has 9 saturated carbocycles. The first-order chi connectivity index (χ1) is 27.8. The van der Waals surface area contributed by atoms with Crippen LogP contribution < -0.4 is 0 Å². The van der Waals surface area contributed by atoms with E-state index in [9.17, 15) is 0 Å². The molecule has 3 heterocycles. The number of fused-ring (bicyclic) bond motifs is 12. The van der Waals surface area contributed by atoms with E-state index >= 15 is 0 Å². The molecule has 3 aliphatic heterocycles. The summed E-state index contributed by atoms with van der Waals surface area (Å²) in [6.45, 7) is 0. The van der Waals surface area contributed by atoms with Gasteiger partial charge in [-0.05, 0) is 188 Å². The van der Waals surface area contributed by atoms with E-state index in [0.717, 1.165) is 99.6 Å². The zero-order chi connectivity index (χ0) is 36.7. The first-order valence-electron chi connectivity index (χ1n) is 26.5. The van der Waals surface area contributed by atoms with E-state index in [2.05, 4.69) is 16.7 Å². The van der Waals surface area contributed by atoms with Gasteiger partial charge in [0.2, 0.25) is 0 Å². The van der Waals surface area contributed by atoms with E-state index in [-0.39, 0.29) is 0 Å². The molecule has 3 saturated heterocycles. The quantitative estimate of drug-likeness (QED) is 0.277. The Kier molecular flexibility index (Phi) is 11.0. The van der Waals surface area contributed by atoms with Gasteiger partial charge in [0.25, 0.3) is 0 Å². The molecule has 4 heteroatoms. The Hall–Kier alpha value is 0.230. The summed E-state index contributed by atoms with van der Waals surface area (Å²) >= 11 is 2.60. The summed E-state index contributed by atoms with van der Waals surface area (Å²) in [5, 5.41) is 1.92. The summed E-state index contributed by atoms with van der Waals surface area (Å²) in [7, 11) is 0. The van der Waals surface area contributed by atoms with Gasteiger partial charge in [-0.2, -0.15) is 11.8 Å². The van der Waals surface area contributed by atoms with Crippen molar-refractivity contribution in [2.24, 2.45) is 71.0 Å². The third-order valence-corrected chi connectivity index (χ3v) is 23.4. The van der Waals surface area contributed by atoms with Crippen LogP contribution in [0.3, 0.4) is 0 Å². The number of hydrogen-bond donors (Lipinski definition) is 0. The van der Waals surface area contributed by atoms with E-state index in [1.807, 2.05) is 0 Å². The lowest BCUT2D eigenvalue weighted by Gasteiger charge is -2.53. The molecule has 314 valence electrons. The van der Waals surface area contributed by atoms with Crippen LogP contribution in [0.25, 0.3) is 0 Å². The highest BCUT2D eigenvalue weighted by Crippen LogP contribution is 2.64. The highest BCUT2D eigenvalue weighted by molar-refractivity contribution is 8.00. The second-order valence-electron chi connectivity index (χ2n) is 23.5. The molecule has 3 nitrogen and oxygen atoms in total. The summed E-state index contributed by atoms with van der Waals surface area (Å²) in [4.78, 5) is 3.41. The molecule has 56 heavy (non-hydrogen) atoms. The topological polar surface area (TPSA) is 21.7 Å². The molecule has 12 rings (SSSR count). The van der Waals surface area contributed by atoms with Crippen LogP contribution in [0.2, 0.25) is 0 Å². The Morgan fingerprint density at radius 3 is 1.71 bits per heavy atom. The molecule has 16 unspecified atom stereocenters. The number of nitrogens with zero attached hydrogens (tertiary/aromatic N) is 1. The lowest BCUT2D eigenvalue weighted by Crippen LogP contribution is -2.58. The van der Waals surface area contributed by atoms with Gasteiger partial charge in [-0.1, -0.05) is 70.6 Å². The summed E-state index contributed by atoms with van der Waals surface area (Å²) in [6.07, 6.45) is 49.0. The minimum Gasteiger partial charge on any atom is -0.374 e. The Morgan fingerprint density at radius 2 is 0.875 bits per heavy atom. The Balaban J connectivity index is 0.767. The van der Waals surface area contributed by atoms with Crippen molar-refractivity contribution in [2.75, 3.05) is 0 Å². The number of hydrogen-bond acceptors (Lipinski definition) is 4. The summed E-state index contributed by atoms with van der Waals surface area (Å²) in [5.74, 6) is 11.6. The zero-order valence-corrected chi connectivity index (χ0v) is 36.5. The molecule has 16 atom stereocenters. The summed E-state index contributed by atoms with van der Waals surface area (Å²) in [6, 6.07) is 2.54. The van der Waals surface area contributed by atoms with Gasteiger partial charge >= 0.3 is 0 Å². The fourth-order valence-electron chi connectivity index (χ4n) is 19.2. The molecule has 0 aromatic rings. The monoisotopic (exact) mass is 786 g/mol. The van der Waals surface area contributed by atoms with Crippen molar-refractivity contribution in [2.45, 2.75) is 252 Å². The molecule has 0 aromatic carbocycles. The number of thioether (sulfide) groups is 1. The molecule has 0 N–H and O–H groups in total. The van der Waals surface area contributed by atoms with Crippen LogP contribution in [-0.2, 0) is 9.47 Å². The van der Waals surface area contributed by atoms with Gasteiger partial charge in [-0.25, -0.2) is 0 Å². The van der Waals surface area contributed by atoms with Crippen LogP contribution in [0, 0.1) is 71.0 Å². The zero-order valence-electron chi connectivity index (χ0n) is 35.7. The third kappa shape index (κ3) is 6.63. The molecule has 0 aromatic heterocycles. The van der Waals surface area contributed by atoms with Gasteiger partial charge in [0.15, 0.2) is 0 Å². The van der Waals surface area contributed by atoms with Crippen molar-refractivity contribution in [3.63, 3.8) is 0 Å². The lowest BCUT2D eigenvalue weighted by molar-refractivity contribution is -0.0648. The minimum atomic E-state index is 0.581. The van der Waals surface area contributed by atoms with Gasteiger partial charge in [0.1, 0.15) is 0 Å². The standard InChI is InChI=1S/C52H83NO2S/c1-2-10-32(11-3-1)33-20-25-36(26-21-33)53(44-17-9-19-46-48(44)43-29-24-34-12-4-5-13-38(34)50(43)55-46)37-27-22-35(23-28-37)39-15-8-16-40-41-30-31-47-49(52(41)56-51(39)40)42-14-6-7-18-45(42)54-47/h32-52H,1-31H2. The van der Waals surface area contributed by atoms with Gasteiger partial charge in [0, 0.05) is 40.5 Å². The molecule has 12 aliphatic rings. The van der Waals surface area contributed by atoms with Crippen molar-refractivity contribution >= 4 is 11.8 Å². The smallest absolute Gasteiger partial charge is 0.0642 e. The van der Waals surface area contributed by atoms with E-state index < -0.39 is 0 Å². The molecular formula is C52H83NO2S. The van der Waals surface area contributed by atoms with Crippen LogP contribution in [0.5, 0.6) is 0 Å². The van der Waals surface area contributed by atoms with Crippen molar-refractivity contribution in [1.29, 1.82) is 0 Å². The maximum Gasteiger partial charge on any atom is 0.0642 e. The predicted molar refractivity (Wildman–Crippen MR) is 231 cm³/mol. The van der Waals surface area contributed by atoms with Crippen molar-refractivity contribution in [1.82, 2.24) is 4.90 Å². The van der Waals surface area contributed by atoms with Gasteiger partial charge in [-0.15, -0.1) is 0 Å². The largest absolute Gasteiger partial charge is 0.374 e. The molecule has 12 fully saturated rings. The fraction of sp³-hybridized carbons (Fsp3) is 1.00. The van der Waals surface area contributed by atoms with Crippen molar-refractivity contribution in [3.05, 3.63) is 0 Å². The minimum absolute atomic E-state index is 0.581. The second kappa shape index (κ2) is 16.2. The van der Waals surface area contributed by atoms with Gasteiger partial charge in [-0.3, -0.25) is 4.90 Å². The fourth-order valence-corrected chi connectivity index (χ4v) is 21.7. The van der Waals surface area contributed by atoms with Gasteiger partial charge in [0.05, 0.1) is 24.4 Å². The van der Waals surface area contributed by atoms with Crippen molar-refractivity contribution in [3.8, 4) is 0 Å². The summed E-state index contributed by atoms with van der Waals surface area (Å²) in [5.41, 5.74) is 0. The molecule has 9 aliphatic carbocycles. The average molecular weight is 786 g/mol. The SMILES string of the molecule is C1CCC(C2CCC(N(C3CCC(C4CCCC5C6CCC7OC8CCCCC8C7C6SC45)CC3)C3CCCC4OC5C6CCCCC6CCC5C43)CC2)CC1. The summed E-state index contributed by atoms with van der Waals surface area (Å²) < 4.78 is 14.3. The Morgan fingerprint density at radius 1 is 0.321 bits per heavy atom. The van der Waals surface area contributed by atoms with E-state index in [1.54, 1.807) is 51.4 Å². The van der Waals surface area contributed by atoms with E-state index in [4.69, 9.17) is 9.47 Å².